The lowest BCUT2D eigenvalue weighted by Crippen LogP contribution is -2.41. The van der Waals surface area contributed by atoms with Crippen LogP contribution in [0.15, 0.2) is 0 Å². The van der Waals surface area contributed by atoms with E-state index in [1.165, 1.54) is 19.3 Å². The summed E-state index contributed by atoms with van der Waals surface area (Å²) in [5.74, 6) is 1.79. The third-order valence-corrected chi connectivity index (χ3v) is 3.64. The van der Waals surface area contributed by atoms with Crippen molar-refractivity contribution in [2.24, 2.45) is 11.8 Å². The van der Waals surface area contributed by atoms with Gasteiger partial charge >= 0.3 is 0 Å². The normalized spacial score (nSPS) is 31.3. The second kappa shape index (κ2) is 5.50. The van der Waals surface area contributed by atoms with E-state index in [1.54, 1.807) is 19.0 Å². The number of nitrogens with zero attached hydrogens (tertiary/aromatic N) is 1. The third-order valence-electron chi connectivity index (χ3n) is 3.64. The van der Waals surface area contributed by atoms with Gasteiger partial charge in [-0.05, 0) is 31.1 Å². The molecule has 1 fully saturated rings. The van der Waals surface area contributed by atoms with Crippen LogP contribution in [0.2, 0.25) is 0 Å². The molecule has 1 rings (SSSR count). The molecule has 1 amide bonds. The number of hydrogen-bond donors (Lipinski definition) is 1. The molecule has 1 N–H and O–H groups in total. The summed E-state index contributed by atoms with van der Waals surface area (Å²) in [7, 11) is 3.60. The van der Waals surface area contributed by atoms with Crippen LogP contribution in [-0.2, 0) is 4.79 Å². The summed E-state index contributed by atoms with van der Waals surface area (Å²) in [6, 6.07) is 0.542. The smallest absolute Gasteiger partial charge is 0.236 e. The van der Waals surface area contributed by atoms with Crippen molar-refractivity contribution in [3.05, 3.63) is 0 Å². The van der Waals surface area contributed by atoms with Gasteiger partial charge in [-0.1, -0.05) is 13.8 Å². The zero-order chi connectivity index (χ0) is 11.4. The molecule has 3 heteroatoms. The molecule has 1 aliphatic rings. The molecule has 88 valence electrons. The zero-order valence-electron chi connectivity index (χ0n) is 10.4. The fourth-order valence-corrected chi connectivity index (χ4v) is 2.12. The molecule has 1 saturated carbocycles. The summed E-state index contributed by atoms with van der Waals surface area (Å²) in [5, 5.41) is 3.36. The van der Waals surface area contributed by atoms with E-state index in [-0.39, 0.29) is 5.91 Å². The standard InChI is InChI=1S/C12H24N2O/c1-9-5-6-11(7-10(9)2)13-8-12(15)14(3)4/h9-11,13H,5-8H2,1-4H3/t9-,10-,11-/m0/s1. The highest BCUT2D eigenvalue weighted by atomic mass is 16.2. The van der Waals surface area contributed by atoms with Crippen molar-refractivity contribution < 1.29 is 4.79 Å². The predicted octanol–water partition coefficient (Wildman–Crippen LogP) is 1.49. The van der Waals surface area contributed by atoms with E-state index in [2.05, 4.69) is 19.2 Å². The van der Waals surface area contributed by atoms with E-state index in [0.29, 0.717) is 12.6 Å². The minimum atomic E-state index is 0.168. The molecule has 0 heterocycles. The van der Waals surface area contributed by atoms with Crippen molar-refractivity contribution in [3.63, 3.8) is 0 Å². The van der Waals surface area contributed by atoms with Crippen molar-refractivity contribution in [2.45, 2.75) is 39.2 Å². The Morgan fingerprint density at radius 2 is 1.93 bits per heavy atom. The Kier molecular flexibility index (Phi) is 4.58. The first-order valence-corrected chi connectivity index (χ1v) is 5.94. The van der Waals surface area contributed by atoms with Crippen molar-refractivity contribution in [1.82, 2.24) is 10.2 Å². The molecule has 3 nitrogen and oxygen atoms in total. The van der Waals surface area contributed by atoms with Gasteiger partial charge in [0, 0.05) is 20.1 Å². The summed E-state index contributed by atoms with van der Waals surface area (Å²) in [6.45, 7) is 5.12. The van der Waals surface area contributed by atoms with Crippen LogP contribution < -0.4 is 5.32 Å². The van der Waals surface area contributed by atoms with Crippen LogP contribution in [0.4, 0.5) is 0 Å². The first-order chi connectivity index (χ1) is 7.00. The van der Waals surface area contributed by atoms with Gasteiger partial charge in [0.05, 0.1) is 6.54 Å². The summed E-state index contributed by atoms with van der Waals surface area (Å²) >= 11 is 0. The van der Waals surface area contributed by atoms with E-state index in [4.69, 9.17) is 0 Å². The highest BCUT2D eigenvalue weighted by molar-refractivity contribution is 5.77. The van der Waals surface area contributed by atoms with Crippen LogP contribution in [0.1, 0.15) is 33.1 Å². The van der Waals surface area contributed by atoms with Crippen molar-refractivity contribution in [1.29, 1.82) is 0 Å². The number of carbonyl (C=O) groups excluding carboxylic acids is 1. The molecule has 0 bridgehead atoms. The van der Waals surface area contributed by atoms with Crippen LogP contribution in [0.25, 0.3) is 0 Å². The molecule has 15 heavy (non-hydrogen) atoms. The maximum absolute atomic E-state index is 11.4. The van der Waals surface area contributed by atoms with Gasteiger partial charge in [0.2, 0.25) is 5.91 Å². The first kappa shape index (κ1) is 12.5. The molecule has 0 saturated heterocycles. The summed E-state index contributed by atoms with van der Waals surface area (Å²) in [4.78, 5) is 13.0. The van der Waals surface area contributed by atoms with E-state index < -0.39 is 0 Å². The number of hydrogen-bond acceptors (Lipinski definition) is 2. The van der Waals surface area contributed by atoms with Gasteiger partial charge in [-0.25, -0.2) is 0 Å². The second-order valence-electron chi connectivity index (χ2n) is 5.13. The quantitative estimate of drug-likeness (QED) is 0.768. The minimum Gasteiger partial charge on any atom is -0.348 e. The third kappa shape index (κ3) is 3.82. The monoisotopic (exact) mass is 212 g/mol. The Labute approximate surface area is 93.2 Å². The molecule has 0 aliphatic heterocycles. The van der Waals surface area contributed by atoms with Gasteiger partial charge in [0.1, 0.15) is 0 Å². The molecule has 0 unspecified atom stereocenters. The van der Waals surface area contributed by atoms with Crippen molar-refractivity contribution in [2.75, 3.05) is 20.6 Å². The van der Waals surface area contributed by atoms with E-state index >= 15 is 0 Å². The maximum Gasteiger partial charge on any atom is 0.236 e. The fraction of sp³-hybridized carbons (Fsp3) is 0.917. The number of nitrogens with one attached hydrogen (secondary N) is 1. The maximum atomic E-state index is 11.4. The van der Waals surface area contributed by atoms with Gasteiger partial charge in [-0.15, -0.1) is 0 Å². The molecular formula is C12H24N2O. The molecule has 0 aromatic heterocycles. The molecule has 3 atom stereocenters. The topological polar surface area (TPSA) is 32.3 Å². The van der Waals surface area contributed by atoms with E-state index in [1.807, 2.05) is 0 Å². The molecular weight excluding hydrogens is 188 g/mol. The van der Waals surface area contributed by atoms with E-state index in [0.717, 1.165) is 11.8 Å². The van der Waals surface area contributed by atoms with Crippen molar-refractivity contribution >= 4 is 5.91 Å². The number of amides is 1. The Morgan fingerprint density at radius 3 is 2.47 bits per heavy atom. The van der Waals surface area contributed by atoms with Gasteiger partial charge in [0.15, 0.2) is 0 Å². The molecule has 0 spiro atoms. The number of rotatable bonds is 3. The van der Waals surface area contributed by atoms with Crippen molar-refractivity contribution in [3.8, 4) is 0 Å². The SMILES string of the molecule is C[C@H]1CC[C@H](NCC(=O)N(C)C)C[C@@H]1C. The Balaban J connectivity index is 2.25. The van der Waals surface area contributed by atoms with Crippen LogP contribution in [-0.4, -0.2) is 37.5 Å². The fourth-order valence-electron chi connectivity index (χ4n) is 2.12. The Morgan fingerprint density at radius 1 is 1.27 bits per heavy atom. The molecule has 1 aliphatic carbocycles. The van der Waals surface area contributed by atoms with Gasteiger partial charge in [-0.3, -0.25) is 4.79 Å². The van der Waals surface area contributed by atoms with Crippen LogP contribution in [0.5, 0.6) is 0 Å². The lowest BCUT2D eigenvalue weighted by atomic mass is 9.79. The Bertz CT molecular complexity index is 216. The molecule has 0 aromatic carbocycles. The average molecular weight is 212 g/mol. The predicted molar refractivity (Wildman–Crippen MR) is 62.7 cm³/mol. The average Bonchev–Trinajstić information content (AvgIpc) is 2.19. The lowest BCUT2D eigenvalue weighted by molar-refractivity contribution is -0.127. The summed E-state index contributed by atoms with van der Waals surface area (Å²) < 4.78 is 0. The first-order valence-electron chi connectivity index (χ1n) is 5.94. The van der Waals surface area contributed by atoms with Gasteiger partial charge in [0.25, 0.3) is 0 Å². The number of carbonyl (C=O) groups is 1. The molecule has 0 radical (unpaired) electrons. The molecule has 0 aromatic rings. The van der Waals surface area contributed by atoms with Crippen LogP contribution >= 0.6 is 0 Å². The van der Waals surface area contributed by atoms with Crippen LogP contribution in [0, 0.1) is 11.8 Å². The van der Waals surface area contributed by atoms with Gasteiger partial charge < -0.3 is 10.2 Å². The van der Waals surface area contributed by atoms with Gasteiger partial charge in [-0.2, -0.15) is 0 Å². The highest BCUT2D eigenvalue weighted by Gasteiger charge is 2.24. The summed E-state index contributed by atoms with van der Waals surface area (Å²) in [6.07, 6.45) is 3.71. The lowest BCUT2D eigenvalue weighted by Gasteiger charge is -2.32. The number of likely N-dealkylation sites (N-methyl/N-ethyl adjacent to an activating group) is 1. The minimum absolute atomic E-state index is 0.168. The summed E-state index contributed by atoms with van der Waals surface area (Å²) in [5.41, 5.74) is 0. The highest BCUT2D eigenvalue weighted by Crippen LogP contribution is 2.29. The van der Waals surface area contributed by atoms with E-state index in [9.17, 15) is 4.79 Å². The zero-order valence-corrected chi connectivity index (χ0v) is 10.4. The Hall–Kier alpha value is -0.570. The van der Waals surface area contributed by atoms with Crippen LogP contribution in [0.3, 0.4) is 0 Å². The largest absolute Gasteiger partial charge is 0.348 e. The second-order valence-corrected chi connectivity index (χ2v) is 5.13.